The number of carbonyl (C=O) groups is 2. The van der Waals surface area contributed by atoms with E-state index in [9.17, 15) is 9.59 Å². The summed E-state index contributed by atoms with van der Waals surface area (Å²) in [4.78, 5) is 26.8. The zero-order chi connectivity index (χ0) is 20.5. The fourth-order valence-electron chi connectivity index (χ4n) is 3.30. The summed E-state index contributed by atoms with van der Waals surface area (Å²) in [5, 5.41) is 12.5. The summed E-state index contributed by atoms with van der Waals surface area (Å²) < 4.78 is 0. The Morgan fingerprint density at radius 1 is 1.14 bits per heavy atom. The van der Waals surface area contributed by atoms with Gasteiger partial charge in [-0.2, -0.15) is 0 Å². The van der Waals surface area contributed by atoms with Crippen LogP contribution in [0.1, 0.15) is 33.3 Å². The number of nitrogens with zero attached hydrogens (tertiary/aromatic N) is 3. The fraction of sp³-hybridized carbons (Fsp3) is 0.200. The summed E-state index contributed by atoms with van der Waals surface area (Å²) in [6.07, 6.45) is 0.354. The lowest BCUT2D eigenvalue weighted by Gasteiger charge is -2.18. The number of nitrogens with one attached hydrogen (secondary N) is 1. The molecule has 1 saturated heterocycles. The summed E-state index contributed by atoms with van der Waals surface area (Å²) >= 11 is 13.4. The number of anilines is 2. The highest BCUT2D eigenvalue weighted by Gasteiger charge is 2.34. The quantitative estimate of drug-likeness (QED) is 0.616. The van der Waals surface area contributed by atoms with E-state index in [0.717, 1.165) is 11.3 Å². The van der Waals surface area contributed by atoms with Gasteiger partial charge in [-0.15, -0.1) is 10.2 Å². The monoisotopic (exact) mass is 446 g/mol. The molecular weight excluding hydrogens is 431 g/mol. The van der Waals surface area contributed by atoms with E-state index in [4.69, 9.17) is 23.2 Å². The van der Waals surface area contributed by atoms with Gasteiger partial charge in [-0.1, -0.05) is 58.8 Å². The molecule has 1 fully saturated rings. The Bertz CT molecular complexity index is 1080. The third kappa shape index (κ3) is 3.99. The van der Waals surface area contributed by atoms with Crippen molar-refractivity contribution in [2.75, 3.05) is 16.8 Å². The molecule has 1 aliphatic heterocycles. The van der Waals surface area contributed by atoms with Crippen LogP contribution in [-0.4, -0.2) is 28.6 Å². The molecule has 1 N–H and O–H groups in total. The van der Waals surface area contributed by atoms with Gasteiger partial charge in [-0.05, 0) is 30.7 Å². The summed E-state index contributed by atoms with van der Waals surface area (Å²) in [6.45, 7) is 2.51. The lowest BCUT2D eigenvalue weighted by Crippen LogP contribution is -2.25. The first kappa shape index (κ1) is 19.8. The molecule has 6 nitrogen and oxygen atoms in total. The molecule has 1 unspecified atom stereocenters. The zero-order valence-electron chi connectivity index (χ0n) is 15.4. The molecule has 2 heterocycles. The van der Waals surface area contributed by atoms with E-state index in [-0.39, 0.29) is 27.4 Å². The summed E-state index contributed by atoms with van der Waals surface area (Å²) in [5.41, 5.74) is 2.14. The lowest BCUT2D eigenvalue weighted by molar-refractivity contribution is -0.117. The molecule has 9 heteroatoms. The largest absolute Gasteiger partial charge is 0.311 e. The highest BCUT2D eigenvalue weighted by molar-refractivity contribution is 7.15. The number of para-hydroxylation sites is 1. The number of carbonyl (C=O) groups excluding carboxylic acids is 2. The molecule has 0 radical (unpaired) electrons. The smallest absolute Gasteiger partial charge is 0.260 e. The van der Waals surface area contributed by atoms with Crippen molar-refractivity contribution in [2.45, 2.75) is 19.3 Å². The minimum atomic E-state index is -0.452. The normalized spacial score (nSPS) is 16.3. The predicted molar refractivity (Wildman–Crippen MR) is 115 cm³/mol. The van der Waals surface area contributed by atoms with Gasteiger partial charge in [0.1, 0.15) is 5.01 Å². The Morgan fingerprint density at radius 3 is 2.59 bits per heavy atom. The first-order chi connectivity index (χ1) is 13.9. The van der Waals surface area contributed by atoms with Crippen LogP contribution in [0.15, 0.2) is 42.5 Å². The molecule has 1 atom stereocenters. The van der Waals surface area contributed by atoms with E-state index >= 15 is 0 Å². The van der Waals surface area contributed by atoms with Gasteiger partial charge in [0.05, 0.1) is 15.6 Å². The van der Waals surface area contributed by atoms with Crippen molar-refractivity contribution in [3.05, 3.63) is 68.6 Å². The van der Waals surface area contributed by atoms with E-state index in [1.807, 2.05) is 31.2 Å². The summed E-state index contributed by atoms with van der Waals surface area (Å²) in [5.74, 6) is -0.477. The van der Waals surface area contributed by atoms with Crippen molar-refractivity contribution in [1.82, 2.24) is 10.2 Å². The average molecular weight is 447 g/mol. The molecule has 4 rings (SSSR count). The second kappa shape index (κ2) is 8.10. The SMILES string of the molecule is Cc1ccccc1N1CC(c2nnc(NC(=O)c3c(Cl)cccc3Cl)s2)CC1=O. The van der Waals surface area contributed by atoms with Crippen molar-refractivity contribution >= 4 is 57.2 Å². The highest BCUT2D eigenvalue weighted by Crippen LogP contribution is 2.35. The zero-order valence-corrected chi connectivity index (χ0v) is 17.7. The first-order valence-electron chi connectivity index (χ1n) is 8.89. The van der Waals surface area contributed by atoms with Crippen LogP contribution in [0, 0.1) is 6.92 Å². The number of hydrogen-bond donors (Lipinski definition) is 1. The third-order valence-electron chi connectivity index (χ3n) is 4.73. The molecule has 3 aromatic rings. The van der Waals surface area contributed by atoms with Gasteiger partial charge in [-0.25, -0.2) is 0 Å². The van der Waals surface area contributed by atoms with Crippen molar-refractivity contribution in [3.8, 4) is 0 Å². The molecule has 0 bridgehead atoms. The number of aromatic nitrogens is 2. The summed E-state index contributed by atoms with van der Waals surface area (Å²) in [7, 11) is 0. The molecule has 0 aliphatic carbocycles. The first-order valence-corrected chi connectivity index (χ1v) is 10.5. The predicted octanol–water partition coefficient (Wildman–Crippen LogP) is 4.93. The van der Waals surface area contributed by atoms with Crippen LogP contribution in [-0.2, 0) is 4.79 Å². The Kier molecular flexibility index (Phi) is 5.54. The molecule has 2 amide bonds. The molecule has 0 saturated carbocycles. The van der Waals surface area contributed by atoms with Crippen molar-refractivity contribution in [2.24, 2.45) is 0 Å². The number of halogens is 2. The number of hydrogen-bond acceptors (Lipinski definition) is 5. The van der Waals surface area contributed by atoms with Crippen molar-refractivity contribution in [1.29, 1.82) is 0 Å². The van der Waals surface area contributed by atoms with Crippen LogP contribution >= 0.6 is 34.5 Å². The van der Waals surface area contributed by atoms with Crippen LogP contribution in [0.2, 0.25) is 10.0 Å². The van der Waals surface area contributed by atoms with E-state index in [1.165, 1.54) is 11.3 Å². The van der Waals surface area contributed by atoms with Crippen LogP contribution in [0.3, 0.4) is 0 Å². The highest BCUT2D eigenvalue weighted by atomic mass is 35.5. The van der Waals surface area contributed by atoms with Crippen LogP contribution in [0.5, 0.6) is 0 Å². The molecule has 0 spiro atoms. The standard InChI is InChI=1S/C20H16Cl2N4O2S/c1-11-5-2-3-8-15(11)26-10-12(9-16(26)27)19-24-25-20(29-19)23-18(28)17-13(21)6-4-7-14(17)22/h2-8,12H,9-10H2,1H3,(H,23,25,28). The van der Waals surface area contributed by atoms with Gasteiger partial charge in [0.25, 0.3) is 5.91 Å². The second-order valence-electron chi connectivity index (χ2n) is 6.69. The fourth-order valence-corrected chi connectivity index (χ4v) is 4.70. The van der Waals surface area contributed by atoms with Gasteiger partial charge in [0.15, 0.2) is 0 Å². The summed E-state index contributed by atoms with van der Waals surface area (Å²) in [6, 6.07) is 12.6. The average Bonchev–Trinajstić information content (AvgIpc) is 3.29. The van der Waals surface area contributed by atoms with Gasteiger partial charge >= 0.3 is 0 Å². The Labute approximate surface area is 181 Å². The minimum Gasteiger partial charge on any atom is -0.311 e. The lowest BCUT2D eigenvalue weighted by atomic mass is 10.1. The van der Waals surface area contributed by atoms with Gasteiger partial charge in [0, 0.05) is 24.6 Å². The molecular formula is C20H16Cl2N4O2S. The Balaban J connectivity index is 1.49. The van der Waals surface area contributed by atoms with E-state index < -0.39 is 5.91 Å². The number of aryl methyl sites for hydroxylation is 1. The Hall–Kier alpha value is -2.48. The molecule has 2 aromatic carbocycles. The molecule has 1 aromatic heterocycles. The van der Waals surface area contributed by atoms with Crippen molar-refractivity contribution < 1.29 is 9.59 Å². The molecule has 29 heavy (non-hydrogen) atoms. The van der Waals surface area contributed by atoms with E-state index in [2.05, 4.69) is 15.5 Å². The van der Waals surface area contributed by atoms with E-state index in [0.29, 0.717) is 23.1 Å². The second-order valence-corrected chi connectivity index (χ2v) is 8.51. The molecule has 1 aliphatic rings. The van der Waals surface area contributed by atoms with Crippen LogP contribution in [0.4, 0.5) is 10.8 Å². The topological polar surface area (TPSA) is 75.2 Å². The maximum atomic E-state index is 12.5. The number of benzene rings is 2. The van der Waals surface area contributed by atoms with Gasteiger partial charge < -0.3 is 4.90 Å². The van der Waals surface area contributed by atoms with Gasteiger partial charge in [-0.3, -0.25) is 14.9 Å². The van der Waals surface area contributed by atoms with Gasteiger partial charge in [0.2, 0.25) is 11.0 Å². The molecule has 148 valence electrons. The maximum Gasteiger partial charge on any atom is 0.260 e. The van der Waals surface area contributed by atoms with Crippen LogP contribution in [0.25, 0.3) is 0 Å². The van der Waals surface area contributed by atoms with Crippen LogP contribution < -0.4 is 10.2 Å². The third-order valence-corrected chi connectivity index (χ3v) is 6.36. The van der Waals surface area contributed by atoms with E-state index in [1.54, 1.807) is 23.1 Å². The maximum absolute atomic E-state index is 12.5. The number of rotatable bonds is 4. The number of amides is 2. The van der Waals surface area contributed by atoms with Crippen molar-refractivity contribution in [3.63, 3.8) is 0 Å². The minimum absolute atomic E-state index is 0.0490. The Morgan fingerprint density at radius 2 is 1.86 bits per heavy atom.